The number of benzene rings is 1. The maximum absolute atomic E-state index is 11.9. The molecule has 6 heteroatoms. The smallest absolute Gasteiger partial charge is 0.319 e. The van der Waals surface area contributed by atoms with Crippen LogP contribution in [0.4, 0.5) is 10.5 Å². The molecule has 1 aromatic carbocycles. The maximum atomic E-state index is 11.9. The third-order valence-electron chi connectivity index (χ3n) is 4.01. The molecule has 6 nitrogen and oxygen atoms in total. The summed E-state index contributed by atoms with van der Waals surface area (Å²) in [5.41, 5.74) is 3.11. The second-order valence-corrected chi connectivity index (χ2v) is 6.01. The minimum Gasteiger partial charge on any atom is -0.334 e. The Hall–Kier alpha value is -2.34. The van der Waals surface area contributed by atoms with Crippen LogP contribution in [0.2, 0.25) is 0 Å². The largest absolute Gasteiger partial charge is 0.334 e. The summed E-state index contributed by atoms with van der Waals surface area (Å²) in [7, 11) is 1.81. The third kappa shape index (κ3) is 4.56. The van der Waals surface area contributed by atoms with Gasteiger partial charge in [-0.2, -0.15) is 5.10 Å². The number of aromatic nitrogens is 2. The van der Waals surface area contributed by atoms with Crippen LogP contribution < -0.4 is 10.6 Å². The number of nitrogens with one attached hydrogen (secondary N) is 2. The van der Waals surface area contributed by atoms with Crippen LogP contribution in [0.3, 0.4) is 0 Å². The van der Waals surface area contributed by atoms with E-state index >= 15 is 0 Å². The second-order valence-electron chi connectivity index (χ2n) is 6.01. The van der Waals surface area contributed by atoms with Crippen molar-refractivity contribution in [3.8, 4) is 0 Å². The Labute approximate surface area is 136 Å². The molecule has 122 valence electrons. The molecule has 0 saturated carbocycles. The van der Waals surface area contributed by atoms with Gasteiger partial charge in [-0.3, -0.25) is 9.58 Å². The van der Waals surface area contributed by atoms with E-state index in [1.807, 2.05) is 13.1 Å². The zero-order chi connectivity index (χ0) is 16.1. The lowest BCUT2D eigenvalue weighted by Gasteiger charge is -2.15. The van der Waals surface area contributed by atoms with Crippen LogP contribution in [-0.4, -0.2) is 33.8 Å². The lowest BCUT2D eigenvalue weighted by Crippen LogP contribution is -2.28. The number of amides is 2. The number of hydrogen-bond donors (Lipinski definition) is 2. The number of anilines is 1. The van der Waals surface area contributed by atoms with Crippen LogP contribution in [0.15, 0.2) is 36.7 Å². The fourth-order valence-electron chi connectivity index (χ4n) is 2.88. The van der Waals surface area contributed by atoms with Crippen LogP contribution >= 0.6 is 0 Å². The predicted molar refractivity (Wildman–Crippen MR) is 90.0 cm³/mol. The summed E-state index contributed by atoms with van der Waals surface area (Å²) in [5.74, 6) is 0. The highest BCUT2D eigenvalue weighted by Gasteiger charge is 2.11. The van der Waals surface area contributed by atoms with Crippen molar-refractivity contribution in [2.24, 2.45) is 7.05 Å². The summed E-state index contributed by atoms with van der Waals surface area (Å²) in [5, 5.41) is 9.66. The van der Waals surface area contributed by atoms with Crippen molar-refractivity contribution in [3.05, 3.63) is 47.8 Å². The number of aryl methyl sites for hydroxylation is 1. The van der Waals surface area contributed by atoms with Gasteiger partial charge >= 0.3 is 6.03 Å². The van der Waals surface area contributed by atoms with Gasteiger partial charge in [-0.15, -0.1) is 0 Å². The molecule has 2 N–H and O–H groups in total. The zero-order valence-corrected chi connectivity index (χ0v) is 13.5. The molecule has 2 aromatic rings. The van der Waals surface area contributed by atoms with Crippen molar-refractivity contribution in [2.45, 2.75) is 25.9 Å². The van der Waals surface area contributed by atoms with E-state index in [2.05, 4.69) is 38.8 Å². The number of urea groups is 1. The molecular weight excluding hydrogens is 290 g/mol. The van der Waals surface area contributed by atoms with Gasteiger partial charge in [-0.25, -0.2) is 4.79 Å². The first-order chi connectivity index (χ1) is 11.2. The molecule has 1 fully saturated rings. The molecule has 0 unspecified atom stereocenters. The Morgan fingerprint density at radius 1 is 1.26 bits per heavy atom. The van der Waals surface area contributed by atoms with Gasteiger partial charge in [-0.05, 0) is 37.1 Å². The molecule has 0 radical (unpaired) electrons. The first-order valence-corrected chi connectivity index (χ1v) is 8.03. The molecule has 2 amide bonds. The highest BCUT2D eigenvalue weighted by Crippen LogP contribution is 2.14. The number of carbonyl (C=O) groups is 1. The van der Waals surface area contributed by atoms with E-state index in [9.17, 15) is 4.79 Å². The number of hydrogen-bond acceptors (Lipinski definition) is 3. The monoisotopic (exact) mass is 313 g/mol. The van der Waals surface area contributed by atoms with Crippen molar-refractivity contribution in [1.82, 2.24) is 20.0 Å². The number of rotatable bonds is 5. The molecule has 23 heavy (non-hydrogen) atoms. The summed E-state index contributed by atoms with van der Waals surface area (Å²) < 4.78 is 1.65. The van der Waals surface area contributed by atoms with Gasteiger partial charge in [0.15, 0.2) is 0 Å². The molecule has 1 aliphatic rings. The SMILES string of the molecule is Cn1cc(NC(=O)NCc2cccc(CN3CCCC3)c2)cn1. The molecular formula is C17H23N5O. The summed E-state index contributed by atoms with van der Waals surface area (Å²) in [4.78, 5) is 14.4. The van der Waals surface area contributed by atoms with E-state index in [1.54, 1.807) is 17.1 Å². The van der Waals surface area contributed by atoms with Crippen LogP contribution in [0.1, 0.15) is 24.0 Å². The zero-order valence-electron chi connectivity index (χ0n) is 13.5. The fourth-order valence-corrected chi connectivity index (χ4v) is 2.88. The summed E-state index contributed by atoms with van der Waals surface area (Å²) in [6.07, 6.45) is 5.98. The Balaban J connectivity index is 1.50. The van der Waals surface area contributed by atoms with Crippen LogP contribution in [0.25, 0.3) is 0 Å². The number of carbonyl (C=O) groups excluding carboxylic acids is 1. The van der Waals surface area contributed by atoms with Crippen molar-refractivity contribution in [3.63, 3.8) is 0 Å². The molecule has 0 bridgehead atoms. The molecule has 0 aliphatic carbocycles. The lowest BCUT2D eigenvalue weighted by atomic mass is 10.1. The maximum Gasteiger partial charge on any atom is 0.319 e. The van der Waals surface area contributed by atoms with Gasteiger partial charge < -0.3 is 10.6 Å². The number of likely N-dealkylation sites (tertiary alicyclic amines) is 1. The van der Waals surface area contributed by atoms with Crippen molar-refractivity contribution in [1.29, 1.82) is 0 Å². The average molecular weight is 313 g/mol. The Kier molecular flexibility index (Phi) is 4.92. The first kappa shape index (κ1) is 15.6. The molecule has 1 aliphatic heterocycles. The van der Waals surface area contributed by atoms with E-state index < -0.39 is 0 Å². The lowest BCUT2D eigenvalue weighted by molar-refractivity contribution is 0.251. The van der Waals surface area contributed by atoms with E-state index in [-0.39, 0.29) is 6.03 Å². The predicted octanol–water partition coefficient (Wildman–Crippen LogP) is 2.34. The van der Waals surface area contributed by atoms with E-state index in [4.69, 9.17) is 0 Å². The Morgan fingerprint density at radius 2 is 2.04 bits per heavy atom. The highest BCUT2D eigenvalue weighted by molar-refractivity contribution is 5.88. The highest BCUT2D eigenvalue weighted by atomic mass is 16.2. The normalized spacial score (nSPS) is 14.8. The van der Waals surface area contributed by atoms with Crippen LogP contribution in [0, 0.1) is 0 Å². The number of nitrogens with zero attached hydrogens (tertiary/aromatic N) is 3. The molecule has 1 saturated heterocycles. The van der Waals surface area contributed by atoms with E-state index in [0.29, 0.717) is 12.2 Å². The van der Waals surface area contributed by atoms with Gasteiger partial charge in [-0.1, -0.05) is 24.3 Å². The van der Waals surface area contributed by atoms with E-state index in [0.717, 1.165) is 12.1 Å². The molecule has 0 spiro atoms. The van der Waals surface area contributed by atoms with Gasteiger partial charge in [0.25, 0.3) is 0 Å². The van der Waals surface area contributed by atoms with Crippen molar-refractivity contribution in [2.75, 3.05) is 18.4 Å². The minimum absolute atomic E-state index is 0.219. The molecule has 3 rings (SSSR count). The second kappa shape index (κ2) is 7.28. The Bertz CT molecular complexity index is 661. The average Bonchev–Trinajstić information content (AvgIpc) is 3.18. The van der Waals surface area contributed by atoms with Gasteiger partial charge in [0.1, 0.15) is 0 Å². The minimum atomic E-state index is -0.219. The van der Waals surface area contributed by atoms with Gasteiger partial charge in [0.05, 0.1) is 11.9 Å². The quantitative estimate of drug-likeness (QED) is 0.890. The molecule has 1 aromatic heterocycles. The fraction of sp³-hybridized carbons (Fsp3) is 0.412. The standard InChI is InChI=1S/C17H23N5O/c1-21-13-16(11-19-21)20-17(23)18-10-14-5-4-6-15(9-14)12-22-7-2-3-8-22/h4-6,9,11,13H,2-3,7-8,10,12H2,1H3,(H2,18,20,23). The third-order valence-corrected chi connectivity index (χ3v) is 4.01. The first-order valence-electron chi connectivity index (χ1n) is 8.03. The van der Waals surface area contributed by atoms with E-state index in [1.165, 1.54) is 31.5 Å². The Morgan fingerprint density at radius 3 is 2.78 bits per heavy atom. The van der Waals surface area contributed by atoms with Gasteiger partial charge in [0, 0.05) is 26.3 Å². The van der Waals surface area contributed by atoms with Crippen molar-refractivity contribution >= 4 is 11.7 Å². The summed E-state index contributed by atoms with van der Waals surface area (Å²) in [6.45, 7) is 3.89. The summed E-state index contributed by atoms with van der Waals surface area (Å²) >= 11 is 0. The van der Waals surface area contributed by atoms with Gasteiger partial charge in [0.2, 0.25) is 0 Å². The van der Waals surface area contributed by atoms with Crippen molar-refractivity contribution < 1.29 is 4.79 Å². The molecule has 2 heterocycles. The topological polar surface area (TPSA) is 62.2 Å². The molecule has 0 atom stereocenters. The summed E-state index contributed by atoms with van der Waals surface area (Å²) in [6, 6.07) is 8.20. The van der Waals surface area contributed by atoms with Crippen LogP contribution in [-0.2, 0) is 20.1 Å². The van der Waals surface area contributed by atoms with Crippen LogP contribution in [0.5, 0.6) is 0 Å².